The van der Waals surface area contributed by atoms with Crippen molar-refractivity contribution in [2.45, 2.75) is 59.7 Å². The number of esters is 4. The molecule has 0 aliphatic carbocycles. The first-order valence-electron chi connectivity index (χ1n) is 14.1. The molecule has 240 valence electrons. The van der Waals surface area contributed by atoms with Crippen molar-refractivity contribution in [1.29, 1.82) is 0 Å². The Labute approximate surface area is 256 Å². The van der Waals surface area contributed by atoms with E-state index in [0.29, 0.717) is 6.42 Å². The van der Waals surface area contributed by atoms with Crippen molar-refractivity contribution in [3.63, 3.8) is 0 Å². The van der Waals surface area contributed by atoms with Crippen LogP contribution in [0.3, 0.4) is 0 Å². The number of amides is 1. The molecule has 1 aromatic heterocycles. The first kappa shape index (κ1) is 35.5. The standard InChI is InChI=1S/C19H24O6.C12H16N2O5/c1-12(2)18(21)25-17-13(3)24-16(20)9-10-23-19(22)15(17)11-14-7-5-4-6-8-14;1-7(2)12(16)19-6-18-10-8(17-3)4-5-14-9(10)11(13)15/h4-8,12-13,15,17H,9-11H2,1-3H3;4-5,7H,6H2,1-3H3,(H2,13,15)/t13-,15+,17-;/m0./s1. The number of rotatable bonds is 10. The second-order valence-electron chi connectivity index (χ2n) is 10.4. The van der Waals surface area contributed by atoms with Gasteiger partial charge in [0.15, 0.2) is 23.3 Å². The van der Waals surface area contributed by atoms with E-state index in [2.05, 4.69) is 4.98 Å². The number of benzene rings is 1. The van der Waals surface area contributed by atoms with Crippen molar-refractivity contribution in [3.05, 3.63) is 53.9 Å². The van der Waals surface area contributed by atoms with Gasteiger partial charge in [-0.1, -0.05) is 58.0 Å². The lowest BCUT2D eigenvalue weighted by atomic mass is 9.91. The Morgan fingerprint density at radius 2 is 1.68 bits per heavy atom. The Bertz CT molecular complexity index is 1280. The van der Waals surface area contributed by atoms with Gasteiger partial charge >= 0.3 is 23.9 Å². The molecule has 1 fully saturated rings. The number of methoxy groups -OCH3 is 1. The quantitative estimate of drug-likeness (QED) is 0.235. The summed E-state index contributed by atoms with van der Waals surface area (Å²) in [5.41, 5.74) is 6.00. The van der Waals surface area contributed by atoms with Gasteiger partial charge in [-0.25, -0.2) is 4.98 Å². The van der Waals surface area contributed by atoms with Crippen molar-refractivity contribution >= 4 is 29.8 Å². The molecule has 0 unspecified atom stereocenters. The lowest BCUT2D eigenvalue weighted by molar-refractivity contribution is -0.176. The average Bonchev–Trinajstić information content (AvgIpc) is 3.02. The van der Waals surface area contributed by atoms with Crippen molar-refractivity contribution in [1.82, 2.24) is 4.98 Å². The van der Waals surface area contributed by atoms with Crippen LogP contribution in [0, 0.1) is 17.8 Å². The van der Waals surface area contributed by atoms with Gasteiger partial charge in [0, 0.05) is 12.3 Å². The van der Waals surface area contributed by atoms with Crippen LogP contribution in [0.25, 0.3) is 0 Å². The maximum absolute atomic E-state index is 12.6. The van der Waals surface area contributed by atoms with Gasteiger partial charge in [-0.05, 0) is 18.9 Å². The highest BCUT2D eigenvalue weighted by atomic mass is 16.7. The zero-order chi connectivity index (χ0) is 32.8. The molecule has 13 heteroatoms. The Kier molecular flexibility index (Phi) is 14.1. The van der Waals surface area contributed by atoms with E-state index in [9.17, 15) is 24.0 Å². The van der Waals surface area contributed by atoms with E-state index in [4.69, 9.17) is 34.2 Å². The van der Waals surface area contributed by atoms with Crippen LogP contribution in [0.4, 0.5) is 0 Å². The van der Waals surface area contributed by atoms with E-state index >= 15 is 0 Å². The van der Waals surface area contributed by atoms with E-state index in [-0.39, 0.29) is 48.8 Å². The summed E-state index contributed by atoms with van der Waals surface area (Å²) >= 11 is 0. The maximum Gasteiger partial charge on any atom is 0.313 e. The van der Waals surface area contributed by atoms with Crippen LogP contribution in [0.15, 0.2) is 42.6 Å². The third-order valence-electron chi connectivity index (χ3n) is 6.25. The largest absolute Gasteiger partial charge is 0.493 e. The Balaban J connectivity index is 0.000000319. The molecule has 2 heterocycles. The lowest BCUT2D eigenvalue weighted by Gasteiger charge is -2.29. The summed E-state index contributed by atoms with van der Waals surface area (Å²) < 4.78 is 31.2. The van der Waals surface area contributed by atoms with Crippen LogP contribution in [0.1, 0.15) is 57.1 Å². The van der Waals surface area contributed by atoms with Gasteiger partial charge in [-0.3, -0.25) is 24.0 Å². The molecule has 44 heavy (non-hydrogen) atoms. The van der Waals surface area contributed by atoms with Gasteiger partial charge in [-0.2, -0.15) is 0 Å². The van der Waals surface area contributed by atoms with Crippen LogP contribution in [-0.2, 0) is 44.5 Å². The molecule has 3 atom stereocenters. The fourth-order valence-electron chi connectivity index (χ4n) is 3.87. The number of pyridine rings is 1. The number of carbonyl (C=O) groups is 5. The van der Waals surface area contributed by atoms with Crippen LogP contribution in [0.2, 0.25) is 0 Å². The second-order valence-corrected chi connectivity index (χ2v) is 10.4. The average molecular weight is 617 g/mol. The number of ether oxygens (including phenoxy) is 6. The third-order valence-corrected chi connectivity index (χ3v) is 6.25. The van der Waals surface area contributed by atoms with E-state index in [1.807, 2.05) is 30.3 Å². The molecule has 0 spiro atoms. The number of nitrogens with zero attached hydrogens (tertiary/aromatic N) is 1. The summed E-state index contributed by atoms with van der Waals surface area (Å²) in [7, 11) is 1.41. The van der Waals surface area contributed by atoms with Crippen LogP contribution >= 0.6 is 0 Å². The predicted octanol–water partition coefficient (Wildman–Crippen LogP) is 3.02. The lowest BCUT2D eigenvalue weighted by Crippen LogP contribution is -2.43. The molecule has 1 aromatic carbocycles. The van der Waals surface area contributed by atoms with Gasteiger partial charge in [0.05, 0.1) is 25.4 Å². The Hall–Kier alpha value is -4.68. The zero-order valence-electron chi connectivity index (χ0n) is 25.8. The SMILES string of the molecule is CC(C)C(=O)O[C@H]1[C@H](C)OC(=O)CCOC(=O)[C@@H]1Cc1ccccc1.COc1ccnc(C(N)=O)c1OCOC(=O)C(C)C. The van der Waals surface area contributed by atoms with E-state index in [0.717, 1.165) is 5.56 Å². The zero-order valence-corrected chi connectivity index (χ0v) is 25.8. The highest BCUT2D eigenvalue weighted by Gasteiger charge is 2.40. The van der Waals surface area contributed by atoms with Crippen LogP contribution in [0.5, 0.6) is 11.5 Å². The highest BCUT2D eigenvalue weighted by molar-refractivity contribution is 5.94. The summed E-state index contributed by atoms with van der Waals surface area (Å²) in [5, 5.41) is 0. The monoisotopic (exact) mass is 616 g/mol. The minimum absolute atomic E-state index is 0.0149. The van der Waals surface area contributed by atoms with Crippen molar-refractivity contribution in [2.75, 3.05) is 20.5 Å². The second kappa shape index (κ2) is 17.4. The summed E-state index contributed by atoms with van der Waals surface area (Å²) in [5.74, 6) is -3.63. The molecular weight excluding hydrogens is 576 g/mol. The molecule has 0 bridgehead atoms. The van der Waals surface area contributed by atoms with Crippen molar-refractivity contribution in [3.8, 4) is 11.5 Å². The summed E-state index contributed by atoms with van der Waals surface area (Å²) in [6, 6.07) is 10.9. The van der Waals surface area contributed by atoms with Crippen molar-refractivity contribution in [2.24, 2.45) is 23.5 Å². The van der Waals surface area contributed by atoms with E-state index in [1.54, 1.807) is 34.6 Å². The highest BCUT2D eigenvalue weighted by Crippen LogP contribution is 2.29. The molecule has 3 rings (SSSR count). The molecule has 0 radical (unpaired) electrons. The maximum atomic E-state index is 12.6. The summed E-state index contributed by atoms with van der Waals surface area (Å²) in [6.45, 7) is 8.05. The van der Waals surface area contributed by atoms with Gasteiger partial charge in [-0.15, -0.1) is 0 Å². The number of hydrogen-bond acceptors (Lipinski definition) is 12. The fraction of sp³-hybridized carbons (Fsp3) is 0.484. The normalized spacial score (nSPS) is 18.3. The third kappa shape index (κ3) is 10.9. The first-order chi connectivity index (χ1) is 20.8. The Morgan fingerprint density at radius 1 is 1.02 bits per heavy atom. The van der Waals surface area contributed by atoms with Crippen LogP contribution < -0.4 is 15.2 Å². The molecule has 1 saturated heterocycles. The molecule has 2 aromatic rings. The minimum atomic E-state index is -0.898. The Morgan fingerprint density at radius 3 is 2.27 bits per heavy atom. The fourth-order valence-corrected chi connectivity index (χ4v) is 3.87. The topological polar surface area (TPSA) is 180 Å². The van der Waals surface area contributed by atoms with E-state index < -0.39 is 47.9 Å². The smallest absolute Gasteiger partial charge is 0.313 e. The number of aromatic nitrogens is 1. The number of primary amides is 1. The summed E-state index contributed by atoms with van der Waals surface area (Å²) in [4.78, 5) is 62.7. The predicted molar refractivity (Wildman–Crippen MR) is 155 cm³/mol. The van der Waals surface area contributed by atoms with Crippen molar-refractivity contribution < 1.29 is 52.4 Å². The molecule has 13 nitrogen and oxygen atoms in total. The molecular formula is C31H40N2O11. The van der Waals surface area contributed by atoms with Gasteiger partial charge < -0.3 is 34.2 Å². The van der Waals surface area contributed by atoms with Gasteiger partial charge in [0.1, 0.15) is 18.6 Å². The van der Waals surface area contributed by atoms with Gasteiger partial charge in [0.2, 0.25) is 6.79 Å². The number of cyclic esters (lactones) is 2. The molecule has 2 N–H and O–H groups in total. The number of carbonyl (C=O) groups excluding carboxylic acids is 5. The summed E-state index contributed by atoms with van der Waals surface area (Å²) in [6.07, 6.45) is 0.0434. The molecule has 1 amide bonds. The van der Waals surface area contributed by atoms with Crippen LogP contribution in [-0.4, -0.2) is 67.5 Å². The minimum Gasteiger partial charge on any atom is -0.493 e. The molecule has 0 saturated carbocycles. The molecule has 1 aliphatic rings. The van der Waals surface area contributed by atoms with Gasteiger partial charge in [0.25, 0.3) is 5.91 Å². The first-order valence-corrected chi connectivity index (χ1v) is 14.1. The molecule has 1 aliphatic heterocycles. The number of nitrogens with two attached hydrogens (primary N) is 1. The number of hydrogen-bond donors (Lipinski definition) is 1. The van der Waals surface area contributed by atoms with E-state index in [1.165, 1.54) is 19.4 Å².